The first-order valence-corrected chi connectivity index (χ1v) is 8.98. The molecule has 2 aromatic carbocycles. The van der Waals surface area contributed by atoms with Gasteiger partial charge in [-0.2, -0.15) is 4.72 Å². The third-order valence-corrected chi connectivity index (χ3v) is 5.03. The minimum absolute atomic E-state index is 0.108. The standard InChI is InChI=1S/C17H19FN2O4S/c1-12(20-25(22,23)16-9-5-14(18)6-10-16)17(21)19-11-13-3-7-15(24-2)8-4-13/h3-10,12,20H,11H2,1-2H3,(H,19,21). The van der Waals surface area contributed by atoms with Crippen molar-refractivity contribution in [2.45, 2.75) is 24.4 Å². The Bertz CT molecular complexity index is 821. The van der Waals surface area contributed by atoms with Gasteiger partial charge in [0.2, 0.25) is 15.9 Å². The van der Waals surface area contributed by atoms with Gasteiger partial charge >= 0.3 is 0 Å². The Morgan fingerprint density at radius 3 is 2.28 bits per heavy atom. The van der Waals surface area contributed by atoms with Crippen molar-refractivity contribution in [2.24, 2.45) is 0 Å². The van der Waals surface area contributed by atoms with Gasteiger partial charge in [-0.1, -0.05) is 12.1 Å². The van der Waals surface area contributed by atoms with Gasteiger partial charge in [0.15, 0.2) is 0 Å². The predicted molar refractivity (Wildman–Crippen MR) is 91.0 cm³/mol. The third-order valence-electron chi connectivity index (χ3n) is 3.47. The highest BCUT2D eigenvalue weighted by Gasteiger charge is 2.21. The molecule has 0 radical (unpaired) electrons. The first-order valence-electron chi connectivity index (χ1n) is 7.50. The predicted octanol–water partition coefficient (Wildman–Crippen LogP) is 1.82. The van der Waals surface area contributed by atoms with Crippen molar-refractivity contribution in [2.75, 3.05) is 7.11 Å². The van der Waals surface area contributed by atoms with Crippen LogP contribution in [-0.4, -0.2) is 27.5 Å². The monoisotopic (exact) mass is 366 g/mol. The minimum Gasteiger partial charge on any atom is -0.497 e. The molecule has 2 N–H and O–H groups in total. The molecule has 8 heteroatoms. The fourth-order valence-electron chi connectivity index (χ4n) is 2.05. The van der Waals surface area contributed by atoms with E-state index in [1.807, 2.05) is 0 Å². The molecule has 0 fully saturated rings. The summed E-state index contributed by atoms with van der Waals surface area (Å²) >= 11 is 0. The van der Waals surface area contributed by atoms with Gasteiger partial charge in [-0.3, -0.25) is 4.79 Å². The Morgan fingerprint density at radius 1 is 1.12 bits per heavy atom. The van der Waals surface area contributed by atoms with Crippen LogP contribution in [0.25, 0.3) is 0 Å². The normalized spacial score (nSPS) is 12.4. The largest absolute Gasteiger partial charge is 0.497 e. The number of amides is 1. The molecule has 1 unspecified atom stereocenters. The van der Waals surface area contributed by atoms with Crippen molar-refractivity contribution in [3.8, 4) is 5.75 Å². The molecule has 0 saturated heterocycles. The Kier molecular flexibility index (Phi) is 6.11. The van der Waals surface area contributed by atoms with Crippen LogP contribution in [0.5, 0.6) is 5.75 Å². The van der Waals surface area contributed by atoms with E-state index >= 15 is 0 Å². The van der Waals surface area contributed by atoms with E-state index in [0.29, 0.717) is 5.75 Å². The van der Waals surface area contributed by atoms with Gasteiger partial charge in [-0.25, -0.2) is 12.8 Å². The minimum atomic E-state index is -3.91. The van der Waals surface area contributed by atoms with E-state index in [2.05, 4.69) is 10.0 Å². The average Bonchev–Trinajstić information content (AvgIpc) is 2.60. The van der Waals surface area contributed by atoms with Crippen LogP contribution < -0.4 is 14.8 Å². The molecule has 0 heterocycles. The van der Waals surface area contributed by atoms with Crippen molar-refractivity contribution in [3.63, 3.8) is 0 Å². The van der Waals surface area contributed by atoms with Crippen LogP contribution in [0, 0.1) is 5.82 Å². The van der Waals surface area contributed by atoms with E-state index in [1.165, 1.54) is 6.92 Å². The summed E-state index contributed by atoms with van der Waals surface area (Å²) in [4.78, 5) is 12.0. The lowest BCUT2D eigenvalue weighted by molar-refractivity contribution is -0.122. The Hall–Kier alpha value is -2.45. The topological polar surface area (TPSA) is 84.5 Å². The number of nitrogens with one attached hydrogen (secondary N) is 2. The smallest absolute Gasteiger partial charge is 0.241 e. The highest BCUT2D eigenvalue weighted by atomic mass is 32.2. The molecule has 134 valence electrons. The fourth-order valence-corrected chi connectivity index (χ4v) is 3.26. The zero-order chi connectivity index (χ0) is 18.4. The van der Waals surface area contributed by atoms with Gasteiger partial charge in [-0.15, -0.1) is 0 Å². The Labute approximate surface area is 146 Å². The number of benzene rings is 2. The molecule has 2 rings (SSSR count). The van der Waals surface area contributed by atoms with Crippen LogP contribution >= 0.6 is 0 Å². The number of hydrogen-bond donors (Lipinski definition) is 2. The molecule has 25 heavy (non-hydrogen) atoms. The summed E-state index contributed by atoms with van der Waals surface area (Å²) in [7, 11) is -2.35. The summed E-state index contributed by atoms with van der Waals surface area (Å²) in [6, 6.07) is 10.5. The van der Waals surface area contributed by atoms with E-state index in [-0.39, 0.29) is 11.4 Å². The summed E-state index contributed by atoms with van der Waals surface area (Å²) < 4.78 is 44.6. The number of rotatable bonds is 7. The maximum absolute atomic E-state index is 12.9. The van der Waals surface area contributed by atoms with Gasteiger partial charge < -0.3 is 10.1 Å². The van der Waals surface area contributed by atoms with Gasteiger partial charge in [0, 0.05) is 6.54 Å². The molecule has 1 amide bonds. The number of sulfonamides is 1. The first-order chi connectivity index (χ1) is 11.8. The molecule has 2 aromatic rings. The fraction of sp³-hybridized carbons (Fsp3) is 0.235. The summed E-state index contributed by atoms with van der Waals surface area (Å²) in [6.45, 7) is 1.69. The SMILES string of the molecule is COc1ccc(CNC(=O)C(C)NS(=O)(=O)c2ccc(F)cc2)cc1. The quantitative estimate of drug-likeness (QED) is 0.783. The Balaban J connectivity index is 1.93. The third kappa shape index (κ3) is 5.27. The van der Waals surface area contributed by atoms with Crippen LogP contribution in [0.3, 0.4) is 0 Å². The van der Waals surface area contributed by atoms with Gasteiger partial charge in [-0.05, 0) is 48.9 Å². The van der Waals surface area contributed by atoms with E-state index in [0.717, 1.165) is 29.8 Å². The lowest BCUT2D eigenvalue weighted by Gasteiger charge is -2.14. The first kappa shape index (κ1) is 18.9. The number of carbonyl (C=O) groups excluding carboxylic acids is 1. The molecule has 0 aliphatic carbocycles. The lowest BCUT2D eigenvalue weighted by atomic mass is 10.2. The van der Waals surface area contributed by atoms with E-state index < -0.39 is 27.8 Å². The van der Waals surface area contributed by atoms with Gasteiger partial charge in [0.05, 0.1) is 18.0 Å². The maximum atomic E-state index is 12.9. The summed E-state index contributed by atoms with van der Waals surface area (Å²) in [5.41, 5.74) is 0.850. The van der Waals surface area contributed by atoms with Crippen LogP contribution in [-0.2, 0) is 21.4 Å². The van der Waals surface area contributed by atoms with Crippen molar-refractivity contribution in [1.82, 2.24) is 10.0 Å². The number of halogens is 1. The van der Waals surface area contributed by atoms with Crippen molar-refractivity contribution in [3.05, 3.63) is 59.9 Å². The second-order valence-electron chi connectivity index (χ2n) is 5.36. The average molecular weight is 366 g/mol. The van der Waals surface area contributed by atoms with E-state index in [1.54, 1.807) is 31.4 Å². The molecule has 0 spiro atoms. The zero-order valence-electron chi connectivity index (χ0n) is 13.8. The number of ether oxygens (including phenoxy) is 1. The summed E-state index contributed by atoms with van der Waals surface area (Å²) in [5.74, 6) is -0.304. The highest BCUT2D eigenvalue weighted by Crippen LogP contribution is 2.12. The summed E-state index contributed by atoms with van der Waals surface area (Å²) in [6.07, 6.45) is 0. The van der Waals surface area contributed by atoms with Gasteiger partial charge in [0.25, 0.3) is 0 Å². The van der Waals surface area contributed by atoms with Gasteiger partial charge in [0.1, 0.15) is 11.6 Å². The van der Waals surface area contributed by atoms with E-state index in [9.17, 15) is 17.6 Å². The maximum Gasteiger partial charge on any atom is 0.241 e. The number of methoxy groups -OCH3 is 1. The van der Waals surface area contributed by atoms with Crippen LogP contribution in [0.15, 0.2) is 53.4 Å². The molecule has 0 bridgehead atoms. The molecule has 0 aliphatic heterocycles. The second-order valence-corrected chi connectivity index (χ2v) is 7.08. The van der Waals surface area contributed by atoms with Crippen LogP contribution in [0.1, 0.15) is 12.5 Å². The molecule has 0 aromatic heterocycles. The van der Waals surface area contributed by atoms with Crippen LogP contribution in [0.4, 0.5) is 4.39 Å². The molecule has 6 nitrogen and oxygen atoms in total. The highest BCUT2D eigenvalue weighted by molar-refractivity contribution is 7.89. The molecular formula is C17H19FN2O4S. The van der Waals surface area contributed by atoms with Crippen molar-refractivity contribution >= 4 is 15.9 Å². The molecular weight excluding hydrogens is 347 g/mol. The zero-order valence-corrected chi connectivity index (χ0v) is 14.6. The van der Waals surface area contributed by atoms with Crippen molar-refractivity contribution in [1.29, 1.82) is 0 Å². The molecule has 1 atom stereocenters. The molecule has 0 aliphatic rings. The second kappa shape index (κ2) is 8.09. The Morgan fingerprint density at radius 2 is 1.72 bits per heavy atom. The number of hydrogen-bond acceptors (Lipinski definition) is 4. The van der Waals surface area contributed by atoms with Crippen molar-refractivity contribution < 1.29 is 22.3 Å². The molecule has 0 saturated carbocycles. The van der Waals surface area contributed by atoms with E-state index in [4.69, 9.17) is 4.74 Å². The number of carbonyl (C=O) groups is 1. The lowest BCUT2D eigenvalue weighted by Crippen LogP contribution is -2.44. The van der Waals surface area contributed by atoms with Crippen LogP contribution in [0.2, 0.25) is 0 Å². The summed E-state index contributed by atoms with van der Waals surface area (Å²) in [5, 5.41) is 2.65.